The highest BCUT2D eigenvalue weighted by molar-refractivity contribution is 5.92. The fourth-order valence-electron chi connectivity index (χ4n) is 3.41. The molecule has 2 nitrogen and oxygen atoms in total. The Bertz CT molecular complexity index is 877. The van der Waals surface area contributed by atoms with E-state index in [2.05, 4.69) is 4.98 Å². The van der Waals surface area contributed by atoms with Gasteiger partial charge >= 0.3 is 0 Å². The molecule has 1 aromatic heterocycles. The van der Waals surface area contributed by atoms with Crippen LogP contribution in [0.3, 0.4) is 0 Å². The Kier molecular flexibility index (Phi) is 3.20. The van der Waals surface area contributed by atoms with Crippen LogP contribution < -0.4 is 5.73 Å². The Balaban J connectivity index is 1.97. The summed E-state index contributed by atoms with van der Waals surface area (Å²) in [7, 11) is 0. The number of aromatic amines is 1. The molecule has 3 N–H and O–H groups in total. The van der Waals surface area contributed by atoms with Crippen molar-refractivity contribution >= 4 is 10.9 Å². The quantitative estimate of drug-likeness (QED) is 0.720. The van der Waals surface area contributed by atoms with Crippen molar-refractivity contribution < 1.29 is 13.2 Å². The van der Waals surface area contributed by atoms with E-state index in [1.54, 1.807) is 12.1 Å². The number of fused-ring (bicyclic) bond motifs is 1. The van der Waals surface area contributed by atoms with E-state index in [1.165, 1.54) is 18.2 Å². The van der Waals surface area contributed by atoms with Crippen LogP contribution in [0.5, 0.6) is 0 Å². The Morgan fingerprint density at radius 3 is 2.30 bits per heavy atom. The van der Waals surface area contributed by atoms with E-state index in [-0.39, 0.29) is 23.3 Å². The molecule has 0 aliphatic heterocycles. The molecule has 1 heterocycles. The average molecular weight is 316 g/mol. The average Bonchev–Trinajstić information content (AvgIpc) is 2.84. The van der Waals surface area contributed by atoms with Gasteiger partial charge in [-0.25, -0.2) is 13.2 Å². The minimum absolute atomic E-state index is 0.115. The Morgan fingerprint density at radius 1 is 0.957 bits per heavy atom. The van der Waals surface area contributed by atoms with Crippen LogP contribution in [0.2, 0.25) is 0 Å². The summed E-state index contributed by atoms with van der Waals surface area (Å²) in [5.41, 5.74) is 8.48. The van der Waals surface area contributed by atoms with Crippen LogP contribution in [0.25, 0.3) is 22.2 Å². The Hall–Kier alpha value is -2.27. The lowest BCUT2D eigenvalue weighted by molar-refractivity contribution is 0.354. The van der Waals surface area contributed by atoms with Gasteiger partial charge in [-0.15, -0.1) is 0 Å². The molecule has 0 amide bonds. The normalized spacial score (nSPS) is 20.7. The number of H-pyrrole nitrogens is 1. The number of hydrogen-bond acceptors (Lipinski definition) is 1. The van der Waals surface area contributed by atoms with Crippen LogP contribution in [0.15, 0.2) is 36.4 Å². The predicted octanol–water partition coefficient (Wildman–Crippen LogP) is 4.46. The van der Waals surface area contributed by atoms with Crippen LogP contribution in [-0.4, -0.2) is 11.0 Å². The summed E-state index contributed by atoms with van der Waals surface area (Å²) in [6.07, 6.45) is 1.55. The molecule has 3 aromatic rings. The van der Waals surface area contributed by atoms with Crippen molar-refractivity contribution in [1.29, 1.82) is 0 Å². The van der Waals surface area contributed by atoms with Crippen LogP contribution in [0.1, 0.15) is 24.3 Å². The van der Waals surface area contributed by atoms with Gasteiger partial charge in [0, 0.05) is 17.5 Å². The fourth-order valence-corrected chi connectivity index (χ4v) is 3.41. The van der Waals surface area contributed by atoms with E-state index < -0.39 is 11.6 Å². The maximum absolute atomic E-state index is 14.1. The Morgan fingerprint density at radius 2 is 1.65 bits per heavy atom. The van der Waals surface area contributed by atoms with E-state index in [0.717, 1.165) is 30.0 Å². The number of benzene rings is 2. The molecule has 0 bridgehead atoms. The number of hydrogen-bond donors (Lipinski definition) is 2. The summed E-state index contributed by atoms with van der Waals surface area (Å²) in [6.45, 7) is 0. The second-order valence-corrected chi connectivity index (χ2v) is 6.16. The van der Waals surface area contributed by atoms with Crippen LogP contribution in [0, 0.1) is 17.5 Å². The minimum Gasteiger partial charge on any atom is -0.352 e. The third-order valence-corrected chi connectivity index (χ3v) is 4.58. The smallest absolute Gasteiger partial charge is 0.150 e. The van der Waals surface area contributed by atoms with Crippen molar-refractivity contribution in [3.63, 3.8) is 0 Å². The topological polar surface area (TPSA) is 41.8 Å². The van der Waals surface area contributed by atoms with E-state index in [4.69, 9.17) is 5.73 Å². The van der Waals surface area contributed by atoms with Crippen molar-refractivity contribution in [3.8, 4) is 11.3 Å². The highest BCUT2D eigenvalue weighted by Crippen LogP contribution is 2.45. The molecule has 1 fully saturated rings. The van der Waals surface area contributed by atoms with Crippen LogP contribution >= 0.6 is 0 Å². The molecule has 0 atom stereocenters. The molecule has 4 rings (SSSR count). The molecule has 0 spiro atoms. The van der Waals surface area contributed by atoms with Gasteiger partial charge in [-0.05, 0) is 60.2 Å². The van der Waals surface area contributed by atoms with E-state index in [1.807, 2.05) is 0 Å². The standard InChI is InChI=1S/C18H15F3N2/c19-11-3-1-9(2-4-11)17-16(10-5-13(22)6-10)14-7-12(20)8-15(21)18(14)23-17/h1-4,7-8,10,13,23H,5-6,22H2/t10-,13+. The summed E-state index contributed by atoms with van der Waals surface area (Å²) in [5, 5.41) is 0.540. The van der Waals surface area contributed by atoms with Crippen LogP contribution in [-0.2, 0) is 0 Å². The molecular formula is C18H15F3N2. The van der Waals surface area contributed by atoms with Gasteiger partial charge in [0.25, 0.3) is 0 Å². The van der Waals surface area contributed by atoms with Gasteiger partial charge in [-0.1, -0.05) is 0 Å². The summed E-state index contributed by atoms with van der Waals surface area (Å²) < 4.78 is 41.0. The maximum Gasteiger partial charge on any atom is 0.150 e. The summed E-state index contributed by atoms with van der Waals surface area (Å²) >= 11 is 0. The first-order valence-electron chi connectivity index (χ1n) is 7.55. The number of aromatic nitrogens is 1. The molecule has 2 aromatic carbocycles. The zero-order valence-electron chi connectivity index (χ0n) is 12.2. The first-order chi connectivity index (χ1) is 11.0. The number of nitrogens with two attached hydrogens (primary N) is 1. The van der Waals surface area contributed by atoms with Gasteiger partial charge in [-0.3, -0.25) is 0 Å². The van der Waals surface area contributed by atoms with E-state index >= 15 is 0 Å². The number of halogens is 3. The van der Waals surface area contributed by atoms with Crippen molar-refractivity contribution in [2.75, 3.05) is 0 Å². The van der Waals surface area contributed by atoms with Gasteiger partial charge in [-0.2, -0.15) is 0 Å². The maximum atomic E-state index is 14.1. The van der Waals surface area contributed by atoms with Gasteiger partial charge in [0.15, 0.2) is 0 Å². The summed E-state index contributed by atoms with van der Waals surface area (Å²) in [6, 6.07) is 8.31. The zero-order valence-corrected chi connectivity index (χ0v) is 12.2. The first kappa shape index (κ1) is 14.3. The second-order valence-electron chi connectivity index (χ2n) is 6.16. The first-order valence-corrected chi connectivity index (χ1v) is 7.55. The number of rotatable bonds is 2. The SMILES string of the molecule is N[C@H]1C[C@@H](c2c(-c3ccc(F)cc3)[nH]c3c(F)cc(F)cc32)C1. The largest absolute Gasteiger partial charge is 0.352 e. The molecule has 0 radical (unpaired) electrons. The molecule has 23 heavy (non-hydrogen) atoms. The van der Waals surface area contributed by atoms with Gasteiger partial charge in [0.05, 0.1) is 11.2 Å². The van der Waals surface area contributed by atoms with Gasteiger partial charge in [0.1, 0.15) is 17.5 Å². The Labute approximate surface area is 131 Å². The van der Waals surface area contributed by atoms with Gasteiger partial charge < -0.3 is 10.7 Å². The molecule has 0 saturated heterocycles. The minimum atomic E-state index is -0.627. The lowest BCUT2D eigenvalue weighted by atomic mass is 9.75. The molecular weight excluding hydrogens is 301 g/mol. The predicted molar refractivity (Wildman–Crippen MR) is 83.6 cm³/mol. The molecule has 1 saturated carbocycles. The third-order valence-electron chi connectivity index (χ3n) is 4.58. The molecule has 118 valence electrons. The highest BCUT2D eigenvalue weighted by atomic mass is 19.1. The summed E-state index contributed by atoms with van der Waals surface area (Å²) in [4.78, 5) is 3.05. The van der Waals surface area contributed by atoms with Crippen LogP contribution in [0.4, 0.5) is 13.2 Å². The molecule has 1 aliphatic carbocycles. The third kappa shape index (κ3) is 2.32. The van der Waals surface area contributed by atoms with Gasteiger partial charge in [0.2, 0.25) is 0 Å². The van der Waals surface area contributed by atoms with E-state index in [9.17, 15) is 13.2 Å². The highest BCUT2D eigenvalue weighted by Gasteiger charge is 2.32. The second kappa shape index (κ2) is 5.13. The van der Waals surface area contributed by atoms with Crippen molar-refractivity contribution in [1.82, 2.24) is 4.98 Å². The summed E-state index contributed by atoms with van der Waals surface area (Å²) in [5.74, 6) is -1.42. The molecule has 1 aliphatic rings. The van der Waals surface area contributed by atoms with Crippen molar-refractivity contribution in [3.05, 3.63) is 59.4 Å². The van der Waals surface area contributed by atoms with Crippen molar-refractivity contribution in [2.45, 2.75) is 24.8 Å². The lowest BCUT2D eigenvalue weighted by Gasteiger charge is -2.33. The van der Waals surface area contributed by atoms with E-state index in [0.29, 0.717) is 11.1 Å². The fraction of sp³-hybridized carbons (Fsp3) is 0.222. The molecule has 5 heteroatoms. The monoisotopic (exact) mass is 316 g/mol. The number of nitrogens with one attached hydrogen (secondary N) is 1. The lowest BCUT2D eigenvalue weighted by Crippen LogP contribution is -2.34. The zero-order chi connectivity index (χ0) is 16.1. The molecule has 0 unspecified atom stereocenters. The van der Waals surface area contributed by atoms with Crippen molar-refractivity contribution in [2.24, 2.45) is 5.73 Å².